The molecule has 25 heavy (non-hydrogen) atoms. The van der Waals surface area contributed by atoms with E-state index in [9.17, 15) is 13.2 Å². The quantitative estimate of drug-likeness (QED) is 0.782. The normalized spacial score (nSPS) is 18.0. The van der Waals surface area contributed by atoms with Gasteiger partial charge in [0.05, 0.1) is 16.9 Å². The lowest BCUT2D eigenvalue weighted by molar-refractivity contribution is -0.119. The van der Waals surface area contributed by atoms with E-state index in [-0.39, 0.29) is 41.3 Å². The first-order valence-electron chi connectivity index (χ1n) is 8.66. The van der Waals surface area contributed by atoms with Crippen molar-refractivity contribution in [3.8, 4) is 0 Å². The van der Waals surface area contributed by atoms with Gasteiger partial charge in [-0.05, 0) is 37.5 Å². The van der Waals surface area contributed by atoms with Crippen LogP contribution in [0, 0.1) is 5.92 Å². The summed E-state index contributed by atoms with van der Waals surface area (Å²) in [5, 5.41) is 2.60. The van der Waals surface area contributed by atoms with E-state index in [4.69, 9.17) is 5.73 Å². The second-order valence-corrected chi connectivity index (χ2v) is 9.19. The molecule has 0 bridgehead atoms. The van der Waals surface area contributed by atoms with Crippen LogP contribution >= 0.6 is 12.4 Å². The van der Waals surface area contributed by atoms with Crippen LogP contribution in [0.5, 0.6) is 0 Å². The fourth-order valence-electron chi connectivity index (χ4n) is 3.01. The maximum absolute atomic E-state index is 12.6. The van der Waals surface area contributed by atoms with Crippen LogP contribution in [-0.4, -0.2) is 25.6 Å². The third-order valence-electron chi connectivity index (χ3n) is 4.82. The second-order valence-electron chi connectivity index (χ2n) is 6.90. The first kappa shape index (κ1) is 21.9. The summed E-state index contributed by atoms with van der Waals surface area (Å²) in [4.78, 5) is 12.1. The Labute approximate surface area is 157 Å². The summed E-state index contributed by atoms with van der Waals surface area (Å²) in [5.74, 6) is -0.429. The fraction of sp³-hybridized carbons (Fsp3) is 0.611. The van der Waals surface area contributed by atoms with Gasteiger partial charge in [0.15, 0.2) is 9.84 Å². The molecule has 0 aromatic heterocycles. The molecule has 7 heteroatoms. The van der Waals surface area contributed by atoms with Crippen LogP contribution in [0.15, 0.2) is 24.3 Å². The number of amides is 1. The second kappa shape index (κ2) is 9.55. The van der Waals surface area contributed by atoms with E-state index in [1.165, 1.54) is 0 Å². The molecule has 5 nitrogen and oxygen atoms in total. The smallest absolute Gasteiger partial charge is 0.228 e. The van der Waals surface area contributed by atoms with Crippen molar-refractivity contribution < 1.29 is 13.2 Å². The van der Waals surface area contributed by atoms with Gasteiger partial charge < -0.3 is 11.1 Å². The topological polar surface area (TPSA) is 89.3 Å². The minimum Gasteiger partial charge on any atom is -0.327 e. The molecular formula is C18H29ClN2O3S. The summed E-state index contributed by atoms with van der Waals surface area (Å²) in [5.41, 5.74) is 7.08. The van der Waals surface area contributed by atoms with Crippen LogP contribution in [0.4, 0.5) is 5.69 Å². The van der Waals surface area contributed by atoms with Crippen molar-refractivity contribution in [3.63, 3.8) is 0 Å². The lowest BCUT2D eigenvalue weighted by Gasteiger charge is -2.22. The highest BCUT2D eigenvalue weighted by molar-refractivity contribution is 7.91. The molecule has 142 valence electrons. The highest BCUT2D eigenvalue weighted by Crippen LogP contribution is 2.26. The summed E-state index contributed by atoms with van der Waals surface area (Å²) in [6.07, 6.45) is 4.66. The fourth-order valence-corrected chi connectivity index (χ4v) is 4.94. The minimum absolute atomic E-state index is 0. The molecule has 2 unspecified atom stereocenters. The largest absolute Gasteiger partial charge is 0.327 e. The van der Waals surface area contributed by atoms with Gasteiger partial charge in [0.2, 0.25) is 5.91 Å². The van der Waals surface area contributed by atoms with Gasteiger partial charge >= 0.3 is 0 Å². The first-order chi connectivity index (χ1) is 11.3. The van der Waals surface area contributed by atoms with E-state index in [0.29, 0.717) is 11.3 Å². The Kier molecular flexibility index (Phi) is 8.38. The SMILES string of the molecule is CC(N)C(C)C(=O)Nc1cccc(CS(=O)(=O)C2CCCCC2)c1.Cl. The molecule has 0 saturated heterocycles. The number of nitrogens with one attached hydrogen (secondary N) is 1. The molecule has 1 amide bonds. The van der Waals surface area contributed by atoms with Crippen LogP contribution in [0.2, 0.25) is 0 Å². The summed E-state index contributed by atoms with van der Waals surface area (Å²) in [7, 11) is -3.14. The Bertz CT molecular complexity index is 671. The van der Waals surface area contributed by atoms with E-state index in [1.807, 2.05) is 0 Å². The van der Waals surface area contributed by atoms with Gasteiger partial charge in [-0.1, -0.05) is 38.3 Å². The van der Waals surface area contributed by atoms with Crippen molar-refractivity contribution in [2.45, 2.75) is 63.0 Å². The molecule has 0 radical (unpaired) electrons. The first-order valence-corrected chi connectivity index (χ1v) is 10.4. The molecule has 0 aliphatic heterocycles. The molecule has 2 rings (SSSR count). The number of hydrogen-bond acceptors (Lipinski definition) is 4. The van der Waals surface area contributed by atoms with Gasteiger partial charge in [-0.25, -0.2) is 8.42 Å². The van der Waals surface area contributed by atoms with Gasteiger partial charge in [0.25, 0.3) is 0 Å². The standard InChI is InChI=1S/C18H28N2O3S.ClH/c1-13(14(2)19)18(21)20-16-8-6-7-15(11-16)12-24(22,23)17-9-4-3-5-10-17;/h6-8,11,13-14,17H,3-5,9-10,12,19H2,1-2H3,(H,20,21);1H. The molecule has 1 aliphatic rings. The van der Waals surface area contributed by atoms with Crippen LogP contribution in [-0.2, 0) is 20.4 Å². The number of carbonyl (C=O) groups excluding carboxylic acids is 1. The Morgan fingerprint density at radius 3 is 2.48 bits per heavy atom. The van der Waals surface area contributed by atoms with E-state index < -0.39 is 9.84 Å². The van der Waals surface area contributed by atoms with Crippen LogP contribution in [0.25, 0.3) is 0 Å². The monoisotopic (exact) mass is 388 g/mol. The van der Waals surface area contributed by atoms with Gasteiger partial charge in [-0.2, -0.15) is 0 Å². The summed E-state index contributed by atoms with van der Waals surface area (Å²) < 4.78 is 25.2. The number of rotatable bonds is 6. The van der Waals surface area contributed by atoms with Crippen LogP contribution in [0.1, 0.15) is 51.5 Å². The van der Waals surface area contributed by atoms with Crippen molar-refractivity contribution in [2.24, 2.45) is 11.7 Å². The van der Waals surface area contributed by atoms with Crippen LogP contribution < -0.4 is 11.1 Å². The molecule has 0 heterocycles. The minimum atomic E-state index is -3.14. The Morgan fingerprint density at radius 1 is 1.24 bits per heavy atom. The van der Waals surface area contributed by atoms with E-state index in [1.54, 1.807) is 38.1 Å². The average Bonchev–Trinajstić information content (AvgIpc) is 2.54. The zero-order valence-electron chi connectivity index (χ0n) is 14.9. The zero-order valence-corrected chi connectivity index (χ0v) is 16.5. The summed E-state index contributed by atoms with van der Waals surface area (Å²) >= 11 is 0. The lowest BCUT2D eigenvalue weighted by Crippen LogP contribution is -2.34. The predicted molar refractivity (Wildman–Crippen MR) is 105 cm³/mol. The van der Waals surface area contributed by atoms with E-state index >= 15 is 0 Å². The summed E-state index contributed by atoms with van der Waals surface area (Å²) in [6, 6.07) is 6.84. The number of sulfone groups is 1. The van der Waals surface area contributed by atoms with Gasteiger partial charge in [0.1, 0.15) is 0 Å². The molecule has 1 fully saturated rings. The maximum Gasteiger partial charge on any atom is 0.228 e. The predicted octanol–water partition coefficient (Wildman–Crippen LogP) is 3.28. The van der Waals surface area contributed by atoms with Crippen molar-refractivity contribution >= 4 is 33.8 Å². The molecule has 2 atom stereocenters. The Morgan fingerprint density at radius 2 is 1.88 bits per heavy atom. The number of carbonyl (C=O) groups is 1. The molecule has 0 spiro atoms. The van der Waals surface area contributed by atoms with Crippen molar-refractivity contribution in [2.75, 3.05) is 5.32 Å². The molecule has 1 aliphatic carbocycles. The third-order valence-corrected chi connectivity index (χ3v) is 7.05. The van der Waals surface area contributed by atoms with Gasteiger partial charge in [-0.15, -0.1) is 12.4 Å². The number of benzene rings is 1. The highest BCUT2D eigenvalue weighted by Gasteiger charge is 2.27. The maximum atomic E-state index is 12.6. The zero-order chi connectivity index (χ0) is 17.7. The lowest BCUT2D eigenvalue weighted by atomic mass is 10.0. The molecule has 3 N–H and O–H groups in total. The Hall–Kier alpha value is -1.11. The van der Waals surface area contributed by atoms with E-state index in [0.717, 1.165) is 32.1 Å². The van der Waals surface area contributed by atoms with Crippen LogP contribution in [0.3, 0.4) is 0 Å². The molecular weight excluding hydrogens is 360 g/mol. The van der Waals surface area contributed by atoms with Gasteiger partial charge in [0, 0.05) is 11.7 Å². The number of anilines is 1. The highest BCUT2D eigenvalue weighted by atomic mass is 35.5. The third kappa shape index (κ3) is 6.28. The molecule has 1 aromatic rings. The van der Waals surface area contributed by atoms with E-state index in [2.05, 4.69) is 5.32 Å². The van der Waals surface area contributed by atoms with Crippen molar-refractivity contribution in [1.82, 2.24) is 0 Å². The number of nitrogens with two attached hydrogens (primary N) is 1. The number of halogens is 1. The number of hydrogen-bond donors (Lipinski definition) is 2. The van der Waals surface area contributed by atoms with Crippen molar-refractivity contribution in [3.05, 3.63) is 29.8 Å². The average molecular weight is 389 g/mol. The molecule has 1 aromatic carbocycles. The summed E-state index contributed by atoms with van der Waals surface area (Å²) in [6.45, 7) is 3.56. The van der Waals surface area contributed by atoms with Crippen molar-refractivity contribution in [1.29, 1.82) is 0 Å². The molecule has 1 saturated carbocycles. The Balaban J connectivity index is 0.00000312. The van der Waals surface area contributed by atoms with Gasteiger partial charge in [-0.3, -0.25) is 4.79 Å².